The second-order valence-electron chi connectivity index (χ2n) is 6.65. The number of hydrogen-bond donors (Lipinski definition) is 3. The Morgan fingerprint density at radius 3 is 2.41 bits per heavy atom. The van der Waals surface area contributed by atoms with Gasteiger partial charge in [0, 0.05) is 18.2 Å². The molecule has 0 aliphatic heterocycles. The second-order valence-corrected chi connectivity index (χ2v) is 8.33. The van der Waals surface area contributed by atoms with Crippen LogP contribution >= 0.6 is 0 Å². The van der Waals surface area contributed by atoms with Crippen molar-refractivity contribution in [2.24, 2.45) is 0 Å². The van der Waals surface area contributed by atoms with Gasteiger partial charge >= 0.3 is 5.97 Å². The zero-order valence-corrected chi connectivity index (χ0v) is 17.2. The lowest BCUT2D eigenvalue weighted by molar-refractivity contribution is -0.384. The lowest BCUT2D eigenvalue weighted by atomic mass is 10.1. The first-order chi connectivity index (χ1) is 15.2. The smallest absolute Gasteiger partial charge is 0.335 e. The number of hydrogen-bond acceptors (Lipinski definition) is 7. The van der Waals surface area contributed by atoms with Gasteiger partial charge in [0.1, 0.15) is 12.0 Å². The van der Waals surface area contributed by atoms with E-state index in [1.807, 2.05) is 30.3 Å². The summed E-state index contributed by atoms with van der Waals surface area (Å²) in [6, 6.07) is 15.8. The van der Waals surface area contributed by atoms with E-state index in [2.05, 4.69) is 10.0 Å². The van der Waals surface area contributed by atoms with Gasteiger partial charge in [0.2, 0.25) is 0 Å². The van der Waals surface area contributed by atoms with Crippen LogP contribution in [0.1, 0.15) is 26.3 Å². The van der Waals surface area contributed by atoms with Gasteiger partial charge < -0.3 is 10.4 Å². The van der Waals surface area contributed by atoms with Crippen LogP contribution in [-0.4, -0.2) is 30.7 Å². The lowest BCUT2D eigenvalue weighted by Crippen LogP contribution is -2.14. The number of nitrogens with zero attached hydrogens (tertiary/aromatic N) is 1. The van der Waals surface area contributed by atoms with Crippen molar-refractivity contribution in [3.8, 4) is 0 Å². The number of sulfonamides is 1. The van der Waals surface area contributed by atoms with E-state index in [1.165, 1.54) is 12.1 Å². The first-order valence-corrected chi connectivity index (χ1v) is 10.6. The summed E-state index contributed by atoms with van der Waals surface area (Å²) in [5.74, 6) is -1.35. The normalized spacial score (nSPS) is 10.9. The number of carbonyl (C=O) groups is 2. The molecule has 164 valence electrons. The van der Waals surface area contributed by atoms with E-state index in [0.29, 0.717) is 12.8 Å². The molecule has 0 aliphatic rings. The number of aromatic carboxylic acids is 1. The van der Waals surface area contributed by atoms with Gasteiger partial charge in [-0.1, -0.05) is 30.3 Å². The molecule has 0 saturated carbocycles. The molecule has 3 aromatic rings. The monoisotopic (exact) mass is 455 g/mol. The van der Waals surface area contributed by atoms with Crippen molar-refractivity contribution in [1.29, 1.82) is 0 Å². The average molecular weight is 455 g/mol. The molecule has 0 aromatic heterocycles. The maximum absolute atomic E-state index is 12.8. The molecule has 0 radical (unpaired) electrons. The van der Waals surface area contributed by atoms with Crippen molar-refractivity contribution < 1.29 is 28.0 Å². The summed E-state index contributed by atoms with van der Waals surface area (Å²) in [5, 5.41) is 23.6. The number of aldehydes is 1. The van der Waals surface area contributed by atoms with Gasteiger partial charge in [-0.3, -0.25) is 19.6 Å². The third-order valence-electron chi connectivity index (χ3n) is 4.39. The van der Waals surface area contributed by atoms with E-state index in [9.17, 15) is 28.1 Å². The highest BCUT2D eigenvalue weighted by Gasteiger charge is 2.22. The number of rotatable bonds is 9. The van der Waals surface area contributed by atoms with Crippen molar-refractivity contribution in [3.63, 3.8) is 0 Å². The summed E-state index contributed by atoms with van der Waals surface area (Å²) in [5.41, 5.74) is 0.0590. The molecular formula is C21H17N3O7S. The van der Waals surface area contributed by atoms with E-state index >= 15 is 0 Å². The van der Waals surface area contributed by atoms with E-state index in [0.717, 1.165) is 29.8 Å². The molecule has 32 heavy (non-hydrogen) atoms. The Morgan fingerprint density at radius 2 is 1.78 bits per heavy atom. The lowest BCUT2D eigenvalue weighted by Gasteiger charge is -2.12. The van der Waals surface area contributed by atoms with Crippen molar-refractivity contribution >= 4 is 39.3 Å². The van der Waals surface area contributed by atoms with Gasteiger partial charge in [0.15, 0.2) is 0 Å². The second kappa shape index (κ2) is 9.27. The van der Waals surface area contributed by atoms with E-state index in [1.54, 1.807) is 0 Å². The van der Waals surface area contributed by atoms with E-state index in [4.69, 9.17) is 5.11 Å². The minimum atomic E-state index is -4.31. The van der Waals surface area contributed by atoms with Gasteiger partial charge in [-0.2, -0.15) is 0 Å². The number of nitro benzene ring substituents is 1. The number of benzene rings is 3. The van der Waals surface area contributed by atoms with Crippen LogP contribution in [0.5, 0.6) is 0 Å². The minimum absolute atomic E-state index is 0.0472. The Kier molecular flexibility index (Phi) is 6.50. The van der Waals surface area contributed by atoms with Crippen LogP contribution in [0.4, 0.5) is 17.1 Å². The first kappa shape index (κ1) is 22.4. The maximum Gasteiger partial charge on any atom is 0.335 e. The molecule has 11 heteroatoms. The van der Waals surface area contributed by atoms with Crippen LogP contribution in [0.3, 0.4) is 0 Å². The molecule has 0 fully saturated rings. The molecule has 0 unspecified atom stereocenters. The molecule has 0 amide bonds. The topological polar surface area (TPSA) is 156 Å². The fraction of sp³-hybridized carbons (Fsp3) is 0.0476. The molecule has 10 nitrogen and oxygen atoms in total. The summed E-state index contributed by atoms with van der Waals surface area (Å²) in [7, 11) is -4.31. The van der Waals surface area contributed by atoms with Crippen LogP contribution in [0.15, 0.2) is 71.6 Å². The quantitative estimate of drug-likeness (QED) is 0.251. The molecule has 3 aromatic carbocycles. The summed E-state index contributed by atoms with van der Waals surface area (Å²) < 4.78 is 27.7. The van der Waals surface area contributed by atoms with Crippen LogP contribution in [0, 0.1) is 10.1 Å². The predicted octanol–water partition coefficient (Wildman–Crippen LogP) is 3.52. The summed E-state index contributed by atoms with van der Waals surface area (Å²) >= 11 is 0. The molecule has 0 spiro atoms. The third kappa shape index (κ3) is 5.26. The highest BCUT2D eigenvalue weighted by molar-refractivity contribution is 7.92. The highest BCUT2D eigenvalue weighted by Crippen LogP contribution is 2.29. The standard InChI is InChI=1S/C21H17N3O7S/c25-13-15-8-16(21(26)27)10-17(9-15)23-32(30,31)18-6-7-19(20(11-18)24(28)29)22-12-14-4-2-1-3-5-14/h1-11,13,22-23H,12H2,(H,26,27). The Balaban J connectivity index is 1.90. The van der Waals surface area contributed by atoms with Crippen molar-refractivity contribution in [2.45, 2.75) is 11.4 Å². The van der Waals surface area contributed by atoms with Crippen LogP contribution in [0.2, 0.25) is 0 Å². The third-order valence-corrected chi connectivity index (χ3v) is 5.77. The Labute approximate surface area is 182 Å². The van der Waals surface area contributed by atoms with Gasteiger partial charge in [-0.15, -0.1) is 0 Å². The molecular weight excluding hydrogens is 438 g/mol. The maximum atomic E-state index is 12.8. The van der Waals surface area contributed by atoms with Crippen LogP contribution in [-0.2, 0) is 16.6 Å². The summed E-state index contributed by atoms with van der Waals surface area (Å²) in [6.07, 6.45) is 0.377. The fourth-order valence-corrected chi connectivity index (χ4v) is 3.95. The van der Waals surface area contributed by atoms with Crippen molar-refractivity contribution in [3.05, 3.63) is 93.5 Å². The zero-order chi connectivity index (χ0) is 23.3. The van der Waals surface area contributed by atoms with Crippen molar-refractivity contribution in [1.82, 2.24) is 0 Å². The number of carboxylic acid groups (broad SMARTS) is 1. The number of anilines is 2. The Morgan fingerprint density at radius 1 is 1.06 bits per heavy atom. The van der Waals surface area contributed by atoms with Gasteiger partial charge in [0.05, 0.1) is 21.1 Å². The number of nitro groups is 1. The zero-order valence-electron chi connectivity index (χ0n) is 16.4. The highest BCUT2D eigenvalue weighted by atomic mass is 32.2. The molecule has 0 bridgehead atoms. The summed E-state index contributed by atoms with van der Waals surface area (Å²) in [4.78, 5) is 32.7. The molecule has 0 saturated heterocycles. The van der Waals surface area contributed by atoms with Crippen LogP contribution in [0.25, 0.3) is 0 Å². The SMILES string of the molecule is O=Cc1cc(NS(=O)(=O)c2ccc(NCc3ccccc3)c([N+](=O)[O-])c2)cc(C(=O)O)c1. The van der Waals surface area contributed by atoms with E-state index < -0.39 is 31.5 Å². The first-order valence-electron chi connectivity index (χ1n) is 9.12. The summed E-state index contributed by atoms with van der Waals surface area (Å²) in [6.45, 7) is 0.294. The average Bonchev–Trinajstić information content (AvgIpc) is 2.77. The minimum Gasteiger partial charge on any atom is -0.478 e. The fourth-order valence-electron chi connectivity index (χ4n) is 2.89. The largest absolute Gasteiger partial charge is 0.478 e. The van der Waals surface area contributed by atoms with Gasteiger partial charge in [-0.05, 0) is 35.9 Å². The number of carbonyl (C=O) groups excluding carboxylic acids is 1. The molecule has 3 N–H and O–H groups in total. The van der Waals surface area contributed by atoms with Crippen molar-refractivity contribution in [2.75, 3.05) is 10.0 Å². The Hall–Kier alpha value is -4.25. The number of nitrogens with one attached hydrogen (secondary N) is 2. The molecule has 0 atom stereocenters. The number of carboxylic acids is 1. The van der Waals surface area contributed by atoms with Gasteiger partial charge in [0.25, 0.3) is 15.7 Å². The predicted molar refractivity (Wildman–Crippen MR) is 116 cm³/mol. The van der Waals surface area contributed by atoms with Crippen LogP contribution < -0.4 is 10.0 Å². The Bertz CT molecular complexity index is 1290. The van der Waals surface area contributed by atoms with Gasteiger partial charge in [-0.25, -0.2) is 13.2 Å². The molecule has 3 rings (SSSR count). The molecule has 0 aliphatic carbocycles. The molecule has 0 heterocycles. The van der Waals surface area contributed by atoms with E-state index in [-0.39, 0.29) is 22.5 Å².